The second kappa shape index (κ2) is 4.60. The summed E-state index contributed by atoms with van der Waals surface area (Å²) in [5.41, 5.74) is 3.98. The fourth-order valence-electron chi connectivity index (χ4n) is 2.36. The van der Waals surface area contributed by atoms with Crippen LogP contribution >= 0.6 is 0 Å². The molecule has 2 aromatic rings. The molecule has 0 spiro atoms. The van der Waals surface area contributed by atoms with Crippen LogP contribution in [0.4, 0.5) is 5.69 Å². The molecule has 0 saturated carbocycles. The van der Waals surface area contributed by atoms with Crippen LogP contribution in [-0.4, -0.2) is 6.54 Å². The van der Waals surface area contributed by atoms with Gasteiger partial charge >= 0.3 is 0 Å². The summed E-state index contributed by atoms with van der Waals surface area (Å²) in [7, 11) is 0. The summed E-state index contributed by atoms with van der Waals surface area (Å²) >= 11 is 0. The van der Waals surface area contributed by atoms with E-state index in [1.54, 1.807) is 0 Å². The fraction of sp³-hybridized carbons (Fsp3) is 0.200. The lowest BCUT2D eigenvalue weighted by atomic mass is 9.96. The first-order valence-electron chi connectivity index (χ1n) is 6.03. The van der Waals surface area contributed by atoms with Crippen molar-refractivity contribution in [1.29, 1.82) is 0 Å². The Hall–Kier alpha value is -1.80. The number of benzene rings is 2. The lowest BCUT2D eigenvalue weighted by Crippen LogP contribution is -2.32. The van der Waals surface area contributed by atoms with Crippen LogP contribution in [-0.2, 0) is 6.54 Å². The van der Waals surface area contributed by atoms with Gasteiger partial charge in [-0.1, -0.05) is 42.5 Å². The van der Waals surface area contributed by atoms with Gasteiger partial charge in [-0.2, -0.15) is 0 Å². The molecule has 0 radical (unpaired) electrons. The summed E-state index contributed by atoms with van der Waals surface area (Å²) in [6, 6.07) is 19.4. The largest absolute Gasteiger partial charge is 0.377 e. The molecule has 2 aromatic carbocycles. The highest BCUT2D eigenvalue weighted by molar-refractivity contribution is 5.47. The van der Waals surface area contributed by atoms with Crippen LogP contribution < -0.4 is 10.6 Å². The molecule has 1 unspecified atom stereocenters. The smallest absolute Gasteiger partial charge is 0.0641 e. The van der Waals surface area contributed by atoms with E-state index < -0.39 is 0 Å². The molecule has 1 aliphatic rings. The SMILES string of the molecule is c1ccc(NC2CNCc3ccccc32)cc1. The van der Waals surface area contributed by atoms with Crippen molar-refractivity contribution in [3.63, 3.8) is 0 Å². The monoisotopic (exact) mass is 224 g/mol. The fourth-order valence-corrected chi connectivity index (χ4v) is 2.36. The van der Waals surface area contributed by atoms with Gasteiger partial charge in [-0.3, -0.25) is 0 Å². The molecule has 0 amide bonds. The van der Waals surface area contributed by atoms with Gasteiger partial charge in [0.1, 0.15) is 0 Å². The van der Waals surface area contributed by atoms with Gasteiger partial charge in [0.25, 0.3) is 0 Å². The highest BCUT2D eigenvalue weighted by Gasteiger charge is 2.18. The number of rotatable bonds is 2. The third-order valence-corrected chi connectivity index (χ3v) is 3.21. The van der Waals surface area contributed by atoms with E-state index in [1.807, 2.05) is 6.07 Å². The van der Waals surface area contributed by atoms with Crippen molar-refractivity contribution in [1.82, 2.24) is 5.32 Å². The van der Waals surface area contributed by atoms with Gasteiger partial charge in [-0.15, -0.1) is 0 Å². The van der Waals surface area contributed by atoms with Crippen molar-refractivity contribution in [3.05, 3.63) is 65.7 Å². The Morgan fingerprint density at radius 3 is 2.59 bits per heavy atom. The molecule has 3 rings (SSSR count). The molecular formula is C15H16N2. The number of hydrogen-bond acceptors (Lipinski definition) is 2. The maximum atomic E-state index is 3.57. The Bertz CT molecular complexity index is 493. The second-order valence-electron chi connectivity index (χ2n) is 4.39. The number of hydrogen-bond donors (Lipinski definition) is 2. The van der Waals surface area contributed by atoms with E-state index in [4.69, 9.17) is 0 Å². The van der Waals surface area contributed by atoms with E-state index in [0.29, 0.717) is 6.04 Å². The minimum atomic E-state index is 0.363. The second-order valence-corrected chi connectivity index (χ2v) is 4.39. The van der Waals surface area contributed by atoms with Crippen molar-refractivity contribution in [2.45, 2.75) is 12.6 Å². The first-order valence-corrected chi connectivity index (χ1v) is 6.03. The first kappa shape index (κ1) is 10.4. The van der Waals surface area contributed by atoms with Gasteiger partial charge in [-0.05, 0) is 23.3 Å². The Kier molecular flexibility index (Phi) is 2.80. The van der Waals surface area contributed by atoms with E-state index in [0.717, 1.165) is 13.1 Å². The summed E-state index contributed by atoms with van der Waals surface area (Å²) in [4.78, 5) is 0. The maximum Gasteiger partial charge on any atom is 0.0641 e. The van der Waals surface area contributed by atoms with Crippen molar-refractivity contribution in [3.8, 4) is 0 Å². The quantitative estimate of drug-likeness (QED) is 0.819. The highest BCUT2D eigenvalue weighted by atomic mass is 15.0. The molecule has 0 saturated heterocycles. The summed E-state index contributed by atoms with van der Waals surface area (Å²) in [6.07, 6.45) is 0. The van der Waals surface area contributed by atoms with Crippen LogP contribution in [0.15, 0.2) is 54.6 Å². The zero-order valence-electron chi connectivity index (χ0n) is 9.69. The maximum absolute atomic E-state index is 3.57. The Labute approximate surface area is 102 Å². The van der Waals surface area contributed by atoms with E-state index in [-0.39, 0.29) is 0 Å². The lowest BCUT2D eigenvalue weighted by molar-refractivity contribution is 0.579. The number of nitrogens with one attached hydrogen (secondary N) is 2. The lowest BCUT2D eigenvalue weighted by Gasteiger charge is -2.28. The van der Waals surface area contributed by atoms with E-state index in [1.165, 1.54) is 16.8 Å². The Morgan fingerprint density at radius 2 is 1.71 bits per heavy atom. The minimum Gasteiger partial charge on any atom is -0.377 e. The van der Waals surface area contributed by atoms with Crippen molar-refractivity contribution < 1.29 is 0 Å². The third kappa shape index (κ3) is 2.17. The van der Waals surface area contributed by atoms with Crippen molar-refractivity contribution in [2.24, 2.45) is 0 Å². The molecule has 1 aliphatic heterocycles. The molecule has 0 aromatic heterocycles. The van der Waals surface area contributed by atoms with Crippen molar-refractivity contribution >= 4 is 5.69 Å². The summed E-state index contributed by atoms with van der Waals surface area (Å²) in [5.74, 6) is 0. The zero-order chi connectivity index (χ0) is 11.5. The normalized spacial score (nSPS) is 18.5. The molecule has 0 aliphatic carbocycles. The molecule has 0 fully saturated rings. The number of fused-ring (bicyclic) bond motifs is 1. The summed E-state index contributed by atoms with van der Waals surface area (Å²) < 4.78 is 0. The first-order chi connectivity index (χ1) is 8.43. The third-order valence-electron chi connectivity index (χ3n) is 3.21. The van der Waals surface area contributed by atoms with Gasteiger partial charge in [0.15, 0.2) is 0 Å². The molecule has 2 nitrogen and oxygen atoms in total. The topological polar surface area (TPSA) is 24.1 Å². The Balaban J connectivity index is 1.86. The van der Waals surface area contributed by atoms with Gasteiger partial charge in [-0.25, -0.2) is 0 Å². The standard InChI is InChI=1S/C15H16N2/c1-2-7-13(8-3-1)17-15-11-16-10-12-6-4-5-9-14(12)15/h1-9,15-17H,10-11H2. The number of anilines is 1. The van der Waals surface area contributed by atoms with Gasteiger partial charge < -0.3 is 10.6 Å². The minimum absolute atomic E-state index is 0.363. The molecule has 0 bridgehead atoms. The predicted octanol–water partition coefficient (Wildman–Crippen LogP) is 2.94. The van der Waals surface area contributed by atoms with Crippen molar-refractivity contribution in [2.75, 3.05) is 11.9 Å². The van der Waals surface area contributed by atoms with E-state index in [9.17, 15) is 0 Å². The Morgan fingerprint density at radius 1 is 0.941 bits per heavy atom. The van der Waals surface area contributed by atoms with Crippen LogP contribution in [0.3, 0.4) is 0 Å². The van der Waals surface area contributed by atoms with Crippen LogP contribution in [0.1, 0.15) is 17.2 Å². The van der Waals surface area contributed by atoms with E-state index >= 15 is 0 Å². The highest BCUT2D eigenvalue weighted by Crippen LogP contribution is 2.25. The molecule has 1 heterocycles. The molecule has 2 N–H and O–H groups in total. The molecule has 2 heteroatoms. The predicted molar refractivity (Wildman–Crippen MR) is 71.0 cm³/mol. The number of para-hydroxylation sites is 1. The molecule has 1 atom stereocenters. The van der Waals surface area contributed by atoms with Gasteiger partial charge in [0, 0.05) is 18.8 Å². The van der Waals surface area contributed by atoms with Crippen LogP contribution in [0.25, 0.3) is 0 Å². The summed E-state index contributed by atoms with van der Waals surface area (Å²) in [5, 5.41) is 7.02. The summed E-state index contributed by atoms with van der Waals surface area (Å²) in [6.45, 7) is 1.95. The van der Waals surface area contributed by atoms with Crippen LogP contribution in [0.5, 0.6) is 0 Å². The molecule has 86 valence electrons. The zero-order valence-corrected chi connectivity index (χ0v) is 9.69. The average molecular weight is 224 g/mol. The average Bonchev–Trinajstić information content (AvgIpc) is 2.40. The van der Waals surface area contributed by atoms with E-state index in [2.05, 4.69) is 59.2 Å². The van der Waals surface area contributed by atoms with Crippen LogP contribution in [0, 0.1) is 0 Å². The van der Waals surface area contributed by atoms with Gasteiger partial charge in [0.05, 0.1) is 6.04 Å². The van der Waals surface area contributed by atoms with Crippen LogP contribution in [0.2, 0.25) is 0 Å². The molecular weight excluding hydrogens is 208 g/mol. The molecule has 17 heavy (non-hydrogen) atoms. The van der Waals surface area contributed by atoms with Gasteiger partial charge in [0.2, 0.25) is 0 Å².